The fourth-order valence-electron chi connectivity index (χ4n) is 0.928. The molecule has 0 aliphatic carbocycles. The number of carbonyl (C=O) groups excluding carboxylic acids is 2. The van der Waals surface area contributed by atoms with Gasteiger partial charge in [-0.15, -0.1) is 0 Å². The van der Waals surface area contributed by atoms with Crippen molar-refractivity contribution in [1.82, 2.24) is 5.32 Å². The lowest BCUT2D eigenvalue weighted by molar-refractivity contribution is -0.127. The van der Waals surface area contributed by atoms with E-state index < -0.39 is 0 Å². The molecule has 0 aliphatic heterocycles. The molecule has 0 aromatic heterocycles. The first kappa shape index (κ1) is 11.1. The zero-order chi connectivity index (χ0) is 9.40. The van der Waals surface area contributed by atoms with Crippen LogP contribution in [0.2, 0.25) is 0 Å². The molecule has 0 heterocycles. The summed E-state index contributed by atoms with van der Waals surface area (Å²) in [6, 6.07) is 0. The number of nitrogens with one attached hydrogen (secondary N) is 1. The number of ketones is 1. The molecule has 0 saturated carbocycles. The summed E-state index contributed by atoms with van der Waals surface area (Å²) < 4.78 is 0. The highest BCUT2D eigenvalue weighted by Crippen LogP contribution is 2.01. The third-order valence-electron chi connectivity index (χ3n) is 1.70. The molecular formula is C9H17NO2. The topological polar surface area (TPSA) is 46.2 Å². The van der Waals surface area contributed by atoms with E-state index in [1.807, 2.05) is 0 Å². The number of rotatable bonds is 6. The van der Waals surface area contributed by atoms with Gasteiger partial charge in [-0.05, 0) is 6.42 Å². The normalized spacial score (nSPS) is 9.50. The van der Waals surface area contributed by atoms with Crippen LogP contribution in [0.5, 0.6) is 0 Å². The minimum absolute atomic E-state index is 0.0419. The van der Waals surface area contributed by atoms with Gasteiger partial charge in [0.1, 0.15) is 5.78 Å². The standard InChI is InChI=1S/C9H17NO2/c1-3-4-5-6-8(11)7-9(12)10-2/h3-7H2,1-2H3,(H,10,12). The molecular weight excluding hydrogens is 154 g/mol. The van der Waals surface area contributed by atoms with Crippen molar-refractivity contribution in [3.05, 3.63) is 0 Å². The lowest BCUT2D eigenvalue weighted by Gasteiger charge is -1.98. The number of unbranched alkanes of at least 4 members (excludes halogenated alkanes) is 2. The number of hydrogen-bond donors (Lipinski definition) is 1. The molecule has 0 unspecified atom stereocenters. The van der Waals surface area contributed by atoms with E-state index in [4.69, 9.17) is 0 Å². The van der Waals surface area contributed by atoms with Crippen LogP contribution in [0.1, 0.15) is 39.0 Å². The van der Waals surface area contributed by atoms with Crippen molar-refractivity contribution in [3.63, 3.8) is 0 Å². The van der Waals surface area contributed by atoms with Gasteiger partial charge in [0.2, 0.25) is 5.91 Å². The van der Waals surface area contributed by atoms with Crippen molar-refractivity contribution >= 4 is 11.7 Å². The van der Waals surface area contributed by atoms with E-state index in [9.17, 15) is 9.59 Å². The predicted octanol–water partition coefficient (Wildman–Crippen LogP) is 1.27. The first-order valence-corrected chi connectivity index (χ1v) is 4.43. The summed E-state index contributed by atoms with van der Waals surface area (Å²) in [6.45, 7) is 2.09. The Bertz CT molecular complexity index is 155. The first-order chi connectivity index (χ1) is 5.70. The molecule has 3 heteroatoms. The van der Waals surface area contributed by atoms with E-state index in [2.05, 4.69) is 12.2 Å². The van der Waals surface area contributed by atoms with E-state index >= 15 is 0 Å². The highest BCUT2D eigenvalue weighted by atomic mass is 16.2. The quantitative estimate of drug-likeness (QED) is 0.483. The highest BCUT2D eigenvalue weighted by Gasteiger charge is 2.06. The Kier molecular flexibility index (Phi) is 6.34. The molecule has 12 heavy (non-hydrogen) atoms. The van der Waals surface area contributed by atoms with Crippen molar-refractivity contribution in [2.75, 3.05) is 7.05 Å². The molecule has 0 bridgehead atoms. The van der Waals surface area contributed by atoms with Crippen LogP contribution in [0.3, 0.4) is 0 Å². The maximum absolute atomic E-state index is 11.0. The van der Waals surface area contributed by atoms with Crippen molar-refractivity contribution in [2.24, 2.45) is 0 Å². The van der Waals surface area contributed by atoms with E-state index in [0.29, 0.717) is 6.42 Å². The molecule has 0 aliphatic rings. The maximum atomic E-state index is 11.0. The second-order valence-electron chi connectivity index (χ2n) is 2.85. The summed E-state index contributed by atoms with van der Waals surface area (Å²) in [5.74, 6) is -0.140. The molecule has 0 aromatic rings. The number of carbonyl (C=O) groups is 2. The van der Waals surface area contributed by atoms with Crippen LogP contribution in [0, 0.1) is 0 Å². The second-order valence-corrected chi connectivity index (χ2v) is 2.85. The van der Waals surface area contributed by atoms with Crippen LogP contribution in [0.15, 0.2) is 0 Å². The zero-order valence-electron chi connectivity index (χ0n) is 7.85. The smallest absolute Gasteiger partial charge is 0.227 e. The number of hydrogen-bond acceptors (Lipinski definition) is 2. The van der Waals surface area contributed by atoms with Gasteiger partial charge in [-0.1, -0.05) is 19.8 Å². The van der Waals surface area contributed by atoms with Crippen molar-refractivity contribution < 1.29 is 9.59 Å². The van der Waals surface area contributed by atoms with Gasteiger partial charge in [0.25, 0.3) is 0 Å². The van der Waals surface area contributed by atoms with Gasteiger partial charge in [-0.3, -0.25) is 9.59 Å². The Morgan fingerprint density at radius 2 is 1.92 bits per heavy atom. The van der Waals surface area contributed by atoms with Crippen molar-refractivity contribution in [1.29, 1.82) is 0 Å². The molecule has 3 nitrogen and oxygen atoms in total. The largest absolute Gasteiger partial charge is 0.359 e. The van der Waals surface area contributed by atoms with Crippen LogP contribution in [-0.2, 0) is 9.59 Å². The molecule has 0 saturated heterocycles. The molecule has 0 fully saturated rings. The average Bonchev–Trinajstić information content (AvgIpc) is 2.05. The summed E-state index contributed by atoms with van der Waals surface area (Å²) in [5, 5.41) is 2.43. The summed E-state index contributed by atoms with van der Waals surface area (Å²) in [5.41, 5.74) is 0. The van der Waals surface area contributed by atoms with Gasteiger partial charge in [-0.25, -0.2) is 0 Å². The van der Waals surface area contributed by atoms with Gasteiger partial charge in [-0.2, -0.15) is 0 Å². The number of amides is 1. The Morgan fingerprint density at radius 3 is 2.42 bits per heavy atom. The van der Waals surface area contributed by atoms with Crippen LogP contribution in [-0.4, -0.2) is 18.7 Å². The lowest BCUT2D eigenvalue weighted by atomic mass is 10.1. The Labute approximate surface area is 73.5 Å². The fraction of sp³-hybridized carbons (Fsp3) is 0.778. The van der Waals surface area contributed by atoms with Crippen molar-refractivity contribution in [3.8, 4) is 0 Å². The molecule has 0 rings (SSSR count). The summed E-state index contributed by atoms with van der Waals surface area (Å²) >= 11 is 0. The number of Topliss-reactive ketones (excluding diaryl/α,β-unsaturated/α-hetero) is 1. The third-order valence-corrected chi connectivity index (χ3v) is 1.70. The van der Waals surface area contributed by atoms with Crippen molar-refractivity contribution in [2.45, 2.75) is 39.0 Å². The van der Waals surface area contributed by atoms with Gasteiger partial charge in [0.15, 0.2) is 0 Å². The van der Waals surface area contributed by atoms with Gasteiger partial charge in [0.05, 0.1) is 6.42 Å². The summed E-state index contributed by atoms with van der Waals surface area (Å²) in [7, 11) is 1.54. The fourth-order valence-corrected chi connectivity index (χ4v) is 0.928. The van der Waals surface area contributed by atoms with Crippen LogP contribution < -0.4 is 5.32 Å². The third kappa shape index (κ3) is 5.89. The molecule has 0 radical (unpaired) electrons. The van der Waals surface area contributed by atoms with E-state index in [-0.39, 0.29) is 18.1 Å². The van der Waals surface area contributed by atoms with E-state index in [1.54, 1.807) is 7.05 Å². The Balaban J connectivity index is 3.40. The average molecular weight is 171 g/mol. The summed E-state index contributed by atoms with van der Waals surface area (Å²) in [4.78, 5) is 21.7. The van der Waals surface area contributed by atoms with Gasteiger partial charge in [0, 0.05) is 13.5 Å². The molecule has 1 amide bonds. The predicted molar refractivity (Wildman–Crippen MR) is 47.8 cm³/mol. The minimum atomic E-state index is -0.184. The second kappa shape index (κ2) is 6.83. The lowest BCUT2D eigenvalue weighted by Crippen LogP contribution is -2.21. The highest BCUT2D eigenvalue weighted by molar-refractivity contribution is 5.97. The van der Waals surface area contributed by atoms with Crippen LogP contribution >= 0.6 is 0 Å². The van der Waals surface area contributed by atoms with Gasteiger partial charge >= 0.3 is 0 Å². The molecule has 0 spiro atoms. The molecule has 0 aromatic carbocycles. The molecule has 0 atom stereocenters. The maximum Gasteiger partial charge on any atom is 0.227 e. The van der Waals surface area contributed by atoms with E-state index in [0.717, 1.165) is 19.3 Å². The van der Waals surface area contributed by atoms with Gasteiger partial charge < -0.3 is 5.32 Å². The van der Waals surface area contributed by atoms with Crippen LogP contribution in [0.25, 0.3) is 0 Å². The monoisotopic (exact) mass is 171 g/mol. The Hall–Kier alpha value is -0.860. The Morgan fingerprint density at radius 1 is 1.25 bits per heavy atom. The SMILES string of the molecule is CCCCCC(=O)CC(=O)NC. The molecule has 70 valence electrons. The summed E-state index contributed by atoms with van der Waals surface area (Å²) in [6.07, 6.45) is 3.67. The first-order valence-electron chi connectivity index (χ1n) is 4.43. The minimum Gasteiger partial charge on any atom is -0.359 e. The van der Waals surface area contributed by atoms with E-state index in [1.165, 1.54) is 0 Å². The van der Waals surface area contributed by atoms with Crippen LogP contribution in [0.4, 0.5) is 0 Å². The zero-order valence-corrected chi connectivity index (χ0v) is 7.85. The molecule has 1 N–H and O–H groups in total.